The van der Waals surface area contributed by atoms with Crippen LogP contribution in [-0.2, 0) is 0 Å². The molecule has 3 aromatic rings. The van der Waals surface area contributed by atoms with Crippen LogP contribution in [0.4, 0.5) is 11.4 Å². The lowest BCUT2D eigenvalue weighted by molar-refractivity contribution is 0.0988. The number of hydrogen-bond acceptors (Lipinski definition) is 5. The number of carbonyl (C=O) groups excluding carboxylic acids is 1. The number of anilines is 2. The summed E-state index contributed by atoms with van der Waals surface area (Å²) in [5, 5.41) is 1.01. The number of carbonyl (C=O) groups is 1. The second-order valence-corrected chi connectivity index (χ2v) is 5.86. The molecule has 0 bridgehead atoms. The van der Waals surface area contributed by atoms with Crippen molar-refractivity contribution in [2.75, 3.05) is 38.1 Å². The molecule has 2 aromatic heterocycles. The van der Waals surface area contributed by atoms with E-state index < -0.39 is 0 Å². The van der Waals surface area contributed by atoms with E-state index in [4.69, 9.17) is 4.74 Å². The van der Waals surface area contributed by atoms with Crippen molar-refractivity contribution in [2.24, 2.45) is 0 Å². The molecular weight excluding hydrogens is 316 g/mol. The summed E-state index contributed by atoms with van der Waals surface area (Å²) in [4.78, 5) is 25.1. The Kier molecular flexibility index (Phi) is 4.52. The summed E-state index contributed by atoms with van der Waals surface area (Å²) < 4.78 is 5.05. The van der Waals surface area contributed by atoms with Gasteiger partial charge >= 0.3 is 0 Å². The molecule has 0 N–H and O–H groups in total. The summed E-state index contributed by atoms with van der Waals surface area (Å²) in [6.45, 7) is 0. The van der Waals surface area contributed by atoms with E-state index in [2.05, 4.69) is 9.97 Å². The summed E-state index contributed by atoms with van der Waals surface area (Å²) in [6, 6.07) is 13.1. The van der Waals surface area contributed by atoms with Crippen molar-refractivity contribution < 1.29 is 9.53 Å². The first-order chi connectivity index (χ1) is 12.0. The number of methoxy groups -OCH3 is 1. The summed E-state index contributed by atoms with van der Waals surface area (Å²) in [5.74, 6) is 0.309. The van der Waals surface area contributed by atoms with E-state index in [-0.39, 0.29) is 5.91 Å². The minimum absolute atomic E-state index is 0.194. The lowest BCUT2D eigenvalue weighted by Crippen LogP contribution is -2.27. The largest absolute Gasteiger partial charge is 0.481 e. The van der Waals surface area contributed by atoms with Crippen molar-refractivity contribution in [3.8, 4) is 5.88 Å². The minimum Gasteiger partial charge on any atom is -0.481 e. The number of pyridine rings is 2. The van der Waals surface area contributed by atoms with Crippen LogP contribution >= 0.6 is 0 Å². The predicted molar refractivity (Wildman–Crippen MR) is 99.6 cm³/mol. The number of rotatable bonds is 4. The number of benzene rings is 1. The monoisotopic (exact) mass is 336 g/mol. The molecule has 0 aliphatic heterocycles. The van der Waals surface area contributed by atoms with E-state index in [1.165, 1.54) is 4.90 Å². The Morgan fingerprint density at radius 3 is 2.48 bits per heavy atom. The van der Waals surface area contributed by atoms with Crippen LogP contribution in [0, 0.1) is 0 Å². The number of fused-ring (bicyclic) bond motifs is 1. The van der Waals surface area contributed by atoms with Gasteiger partial charge in [-0.05, 0) is 18.2 Å². The third kappa shape index (κ3) is 3.24. The van der Waals surface area contributed by atoms with Gasteiger partial charge in [0.15, 0.2) is 0 Å². The lowest BCUT2D eigenvalue weighted by Gasteiger charge is -2.20. The van der Waals surface area contributed by atoms with E-state index in [1.54, 1.807) is 32.5 Å². The molecule has 3 rings (SSSR count). The Morgan fingerprint density at radius 2 is 1.84 bits per heavy atom. The molecule has 0 radical (unpaired) electrons. The average Bonchev–Trinajstić information content (AvgIpc) is 2.65. The van der Waals surface area contributed by atoms with Gasteiger partial charge in [-0.1, -0.05) is 18.2 Å². The Labute approximate surface area is 146 Å². The third-order valence-electron chi connectivity index (χ3n) is 4.02. The van der Waals surface area contributed by atoms with Crippen LogP contribution < -0.4 is 14.5 Å². The molecule has 1 aromatic carbocycles. The van der Waals surface area contributed by atoms with Gasteiger partial charge in [-0.15, -0.1) is 0 Å². The van der Waals surface area contributed by atoms with Crippen LogP contribution in [0.1, 0.15) is 10.5 Å². The Hall–Kier alpha value is -3.15. The highest BCUT2D eigenvalue weighted by molar-refractivity contribution is 6.07. The average molecular weight is 336 g/mol. The zero-order valence-corrected chi connectivity index (χ0v) is 14.7. The Bertz CT molecular complexity index is 907. The normalized spacial score (nSPS) is 10.6. The Balaban J connectivity index is 2.01. The van der Waals surface area contributed by atoms with E-state index in [1.807, 2.05) is 49.3 Å². The highest BCUT2D eigenvalue weighted by Gasteiger charge is 2.18. The number of hydrogen-bond donors (Lipinski definition) is 0. The fourth-order valence-electron chi connectivity index (χ4n) is 2.62. The van der Waals surface area contributed by atoms with Crippen LogP contribution in [-0.4, -0.2) is 44.1 Å². The SMILES string of the molecule is COc1ccc(N(C)C(=O)c2cc(N(C)C)c3ccccc3n2)cn1. The first-order valence-corrected chi connectivity index (χ1v) is 7.86. The third-order valence-corrected chi connectivity index (χ3v) is 4.02. The van der Waals surface area contributed by atoms with Crippen molar-refractivity contribution in [1.29, 1.82) is 0 Å². The molecule has 0 fully saturated rings. The zero-order chi connectivity index (χ0) is 18.0. The maximum atomic E-state index is 12.9. The molecule has 0 saturated carbocycles. The van der Waals surface area contributed by atoms with Gasteiger partial charge < -0.3 is 14.5 Å². The molecule has 0 saturated heterocycles. The Morgan fingerprint density at radius 1 is 1.08 bits per heavy atom. The van der Waals surface area contributed by atoms with Gasteiger partial charge in [-0.2, -0.15) is 0 Å². The molecule has 0 unspecified atom stereocenters. The van der Waals surface area contributed by atoms with Crippen molar-refractivity contribution in [3.05, 3.63) is 54.4 Å². The second-order valence-electron chi connectivity index (χ2n) is 5.86. The van der Waals surface area contributed by atoms with Crippen LogP contribution in [0.5, 0.6) is 5.88 Å². The standard InChI is InChI=1S/C19H20N4O2/c1-22(2)17-11-16(21-15-8-6-5-7-14(15)17)19(24)23(3)13-9-10-18(25-4)20-12-13/h5-12H,1-4H3. The molecule has 6 nitrogen and oxygen atoms in total. The molecule has 0 aliphatic rings. The lowest BCUT2D eigenvalue weighted by atomic mass is 10.1. The fraction of sp³-hybridized carbons (Fsp3) is 0.211. The number of amides is 1. The summed E-state index contributed by atoms with van der Waals surface area (Å²) in [7, 11) is 7.16. The number of ether oxygens (including phenoxy) is 1. The molecule has 128 valence electrons. The summed E-state index contributed by atoms with van der Waals surface area (Å²) >= 11 is 0. The molecule has 0 atom stereocenters. The molecule has 6 heteroatoms. The molecule has 0 spiro atoms. The van der Waals surface area contributed by atoms with E-state index in [9.17, 15) is 4.79 Å². The number of para-hydroxylation sites is 1. The topological polar surface area (TPSA) is 58.6 Å². The first-order valence-electron chi connectivity index (χ1n) is 7.86. The maximum absolute atomic E-state index is 12.9. The molecule has 25 heavy (non-hydrogen) atoms. The highest BCUT2D eigenvalue weighted by Crippen LogP contribution is 2.26. The van der Waals surface area contributed by atoms with Crippen molar-refractivity contribution in [2.45, 2.75) is 0 Å². The molecular formula is C19H20N4O2. The minimum atomic E-state index is -0.194. The fourth-order valence-corrected chi connectivity index (χ4v) is 2.62. The molecule has 1 amide bonds. The van der Waals surface area contributed by atoms with Crippen LogP contribution in [0.25, 0.3) is 10.9 Å². The van der Waals surface area contributed by atoms with Gasteiger partial charge in [0.05, 0.1) is 24.5 Å². The summed E-state index contributed by atoms with van der Waals surface area (Å²) in [5.41, 5.74) is 2.81. The van der Waals surface area contributed by atoms with Crippen LogP contribution in [0.2, 0.25) is 0 Å². The predicted octanol–water partition coefficient (Wildman–Crippen LogP) is 2.98. The van der Waals surface area contributed by atoms with Gasteiger partial charge in [0.25, 0.3) is 5.91 Å². The van der Waals surface area contributed by atoms with Crippen LogP contribution in [0.3, 0.4) is 0 Å². The van der Waals surface area contributed by atoms with Crippen molar-refractivity contribution >= 4 is 28.2 Å². The molecule has 0 aliphatic carbocycles. The number of nitrogens with zero attached hydrogens (tertiary/aromatic N) is 4. The maximum Gasteiger partial charge on any atom is 0.276 e. The quantitative estimate of drug-likeness (QED) is 0.733. The van der Waals surface area contributed by atoms with Gasteiger partial charge in [0.1, 0.15) is 5.69 Å². The van der Waals surface area contributed by atoms with Crippen molar-refractivity contribution in [3.63, 3.8) is 0 Å². The second kappa shape index (κ2) is 6.76. The summed E-state index contributed by atoms with van der Waals surface area (Å²) in [6.07, 6.45) is 1.60. The van der Waals surface area contributed by atoms with E-state index >= 15 is 0 Å². The van der Waals surface area contributed by atoms with E-state index in [0.717, 1.165) is 16.6 Å². The molecule has 2 heterocycles. The smallest absolute Gasteiger partial charge is 0.276 e. The number of aromatic nitrogens is 2. The van der Waals surface area contributed by atoms with Gasteiger partial charge in [0.2, 0.25) is 5.88 Å². The van der Waals surface area contributed by atoms with Crippen molar-refractivity contribution in [1.82, 2.24) is 9.97 Å². The highest BCUT2D eigenvalue weighted by atomic mass is 16.5. The van der Waals surface area contributed by atoms with Crippen LogP contribution in [0.15, 0.2) is 48.7 Å². The van der Waals surface area contributed by atoms with E-state index in [0.29, 0.717) is 17.3 Å². The van der Waals surface area contributed by atoms with Gasteiger partial charge in [-0.3, -0.25) is 4.79 Å². The van der Waals surface area contributed by atoms with Gasteiger partial charge in [0, 0.05) is 38.3 Å². The first kappa shape index (κ1) is 16.7. The van der Waals surface area contributed by atoms with Gasteiger partial charge in [-0.25, -0.2) is 9.97 Å². The zero-order valence-electron chi connectivity index (χ0n) is 14.7.